The van der Waals surface area contributed by atoms with Crippen molar-refractivity contribution in [1.82, 2.24) is 14.7 Å². The zero-order valence-electron chi connectivity index (χ0n) is 15.3. The Kier molecular flexibility index (Phi) is 5.41. The summed E-state index contributed by atoms with van der Waals surface area (Å²) in [7, 11) is 1.62. The predicted molar refractivity (Wildman–Crippen MR) is 102 cm³/mol. The first kappa shape index (κ1) is 17.8. The molecule has 1 aromatic carbocycles. The van der Waals surface area contributed by atoms with Crippen molar-refractivity contribution in [3.05, 3.63) is 60.0 Å². The minimum Gasteiger partial charge on any atom is -0.497 e. The highest BCUT2D eigenvalue weighted by Gasteiger charge is 2.16. The average molecular weight is 352 g/mol. The maximum atomic E-state index is 12.5. The molecule has 0 saturated heterocycles. The summed E-state index contributed by atoms with van der Waals surface area (Å²) in [5.41, 5.74) is 3.73. The van der Waals surface area contributed by atoms with E-state index in [1.807, 2.05) is 67.0 Å². The van der Waals surface area contributed by atoms with Crippen LogP contribution in [0.4, 0.5) is 5.69 Å². The molecule has 1 atom stereocenters. The van der Waals surface area contributed by atoms with Gasteiger partial charge in [-0.3, -0.25) is 4.79 Å². The summed E-state index contributed by atoms with van der Waals surface area (Å²) in [5.74, 6) is 0.703. The number of carbonyl (C=O) groups is 1. The number of fused-ring (bicyclic) bond motifs is 1. The molecule has 3 rings (SSSR count). The number of hydrogen-bond donors (Lipinski definition) is 2. The first-order valence-corrected chi connectivity index (χ1v) is 8.71. The second kappa shape index (κ2) is 7.91. The Morgan fingerprint density at radius 3 is 2.88 bits per heavy atom. The summed E-state index contributed by atoms with van der Waals surface area (Å²) in [6.45, 7) is 4.41. The molecule has 136 valence electrons. The molecule has 1 amide bonds. The van der Waals surface area contributed by atoms with Crippen LogP contribution in [0.25, 0.3) is 5.65 Å². The molecular formula is C20H24N4O2. The van der Waals surface area contributed by atoms with Gasteiger partial charge in [0.05, 0.1) is 19.3 Å². The molecule has 0 aliphatic carbocycles. The highest BCUT2D eigenvalue weighted by Crippen LogP contribution is 2.18. The zero-order chi connectivity index (χ0) is 18.5. The number of rotatable bonds is 7. The Hall–Kier alpha value is -3.02. The Morgan fingerprint density at radius 2 is 2.12 bits per heavy atom. The first-order chi connectivity index (χ1) is 12.6. The van der Waals surface area contributed by atoms with E-state index < -0.39 is 0 Å². The number of amides is 1. The molecule has 0 aliphatic rings. The summed E-state index contributed by atoms with van der Waals surface area (Å²) in [6, 6.07) is 11.2. The molecule has 26 heavy (non-hydrogen) atoms. The number of carbonyl (C=O) groups excluding carboxylic acids is 1. The number of benzene rings is 1. The SMILES string of the molecule is CCC(Nc1cccc(OC)c1)C(=O)NCc1cn2cc(C)ccc2n1. The van der Waals surface area contributed by atoms with Crippen molar-refractivity contribution in [1.29, 1.82) is 0 Å². The van der Waals surface area contributed by atoms with E-state index in [4.69, 9.17) is 4.74 Å². The fraction of sp³-hybridized carbons (Fsp3) is 0.300. The van der Waals surface area contributed by atoms with Gasteiger partial charge in [-0.15, -0.1) is 0 Å². The number of aromatic nitrogens is 2. The zero-order valence-corrected chi connectivity index (χ0v) is 15.3. The Balaban J connectivity index is 1.62. The van der Waals surface area contributed by atoms with Gasteiger partial charge in [0, 0.05) is 24.1 Å². The van der Waals surface area contributed by atoms with Gasteiger partial charge < -0.3 is 19.8 Å². The van der Waals surface area contributed by atoms with Crippen LogP contribution in [0.5, 0.6) is 5.75 Å². The van der Waals surface area contributed by atoms with Crippen LogP contribution in [-0.4, -0.2) is 28.4 Å². The van der Waals surface area contributed by atoms with Crippen molar-refractivity contribution in [3.63, 3.8) is 0 Å². The van der Waals surface area contributed by atoms with Gasteiger partial charge in [0.2, 0.25) is 5.91 Å². The van der Waals surface area contributed by atoms with E-state index in [-0.39, 0.29) is 11.9 Å². The van der Waals surface area contributed by atoms with Gasteiger partial charge in [0.1, 0.15) is 17.4 Å². The lowest BCUT2D eigenvalue weighted by Crippen LogP contribution is -2.38. The molecule has 2 N–H and O–H groups in total. The third-order valence-electron chi connectivity index (χ3n) is 4.23. The fourth-order valence-electron chi connectivity index (χ4n) is 2.81. The molecule has 0 spiro atoms. The van der Waals surface area contributed by atoms with E-state index in [0.717, 1.165) is 22.8 Å². The Bertz CT molecular complexity index is 904. The van der Waals surface area contributed by atoms with Gasteiger partial charge in [-0.1, -0.05) is 19.1 Å². The van der Waals surface area contributed by atoms with Crippen molar-refractivity contribution in [2.45, 2.75) is 32.9 Å². The lowest BCUT2D eigenvalue weighted by atomic mass is 10.2. The largest absolute Gasteiger partial charge is 0.497 e. The van der Waals surface area contributed by atoms with Crippen LogP contribution in [-0.2, 0) is 11.3 Å². The van der Waals surface area contributed by atoms with E-state index in [1.54, 1.807) is 7.11 Å². The number of pyridine rings is 1. The highest BCUT2D eigenvalue weighted by molar-refractivity contribution is 5.84. The molecule has 2 aromatic heterocycles. The lowest BCUT2D eigenvalue weighted by Gasteiger charge is -2.18. The number of methoxy groups -OCH3 is 1. The molecule has 1 unspecified atom stereocenters. The van der Waals surface area contributed by atoms with Crippen molar-refractivity contribution in [2.24, 2.45) is 0 Å². The number of imidazole rings is 1. The van der Waals surface area contributed by atoms with Gasteiger partial charge in [0.25, 0.3) is 0 Å². The number of anilines is 1. The lowest BCUT2D eigenvalue weighted by molar-refractivity contribution is -0.122. The maximum Gasteiger partial charge on any atom is 0.242 e. The third kappa shape index (κ3) is 4.14. The molecule has 0 fully saturated rings. The molecule has 6 nitrogen and oxygen atoms in total. The number of nitrogens with zero attached hydrogens (tertiary/aromatic N) is 2. The Labute approximate surface area is 153 Å². The molecule has 2 heterocycles. The number of ether oxygens (including phenoxy) is 1. The molecule has 0 aliphatic heterocycles. The summed E-state index contributed by atoms with van der Waals surface area (Å²) in [4.78, 5) is 17.1. The van der Waals surface area contributed by atoms with Gasteiger partial charge in [-0.2, -0.15) is 0 Å². The third-order valence-corrected chi connectivity index (χ3v) is 4.23. The van der Waals surface area contributed by atoms with Crippen LogP contribution in [0, 0.1) is 6.92 Å². The summed E-state index contributed by atoms with van der Waals surface area (Å²) >= 11 is 0. The van der Waals surface area contributed by atoms with Crippen LogP contribution in [0.3, 0.4) is 0 Å². The van der Waals surface area contributed by atoms with Crippen LogP contribution >= 0.6 is 0 Å². The first-order valence-electron chi connectivity index (χ1n) is 8.71. The van der Waals surface area contributed by atoms with Crippen molar-refractivity contribution < 1.29 is 9.53 Å². The second-order valence-corrected chi connectivity index (χ2v) is 6.26. The van der Waals surface area contributed by atoms with Gasteiger partial charge in [-0.25, -0.2) is 4.98 Å². The standard InChI is InChI=1S/C20H24N4O2/c1-4-18(22-15-6-5-7-17(10-15)26-3)20(25)21-11-16-13-24-12-14(2)8-9-19(24)23-16/h5-10,12-13,18,22H,4,11H2,1-3H3,(H,21,25). The van der Waals surface area contributed by atoms with E-state index in [2.05, 4.69) is 15.6 Å². The van der Waals surface area contributed by atoms with E-state index >= 15 is 0 Å². The quantitative estimate of drug-likeness (QED) is 0.685. The van der Waals surface area contributed by atoms with Crippen LogP contribution in [0.1, 0.15) is 24.6 Å². The van der Waals surface area contributed by atoms with Crippen LogP contribution in [0.2, 0.25) is 0 Å². The topological polar surface area (TPSA) is 67.7 Å². The predicted octanol–water partition coefficient (Wildman–Crippen LogP) is 3.16. The van der Waals surface area contributed by atoms with Gasteiger partial charge in [0.15, 0.2) is 0 Å². The van der Waals surface area contributed by atoms with Crippen LogP contribution in [0.15, 0.2) is 48.8 Å². The summed E-state index contributed by atoms with van der Waals surface area (Å²) in [6.07, 6.45) is 4.64. The molecule has 0 saturated carbocycles. The molecular weight excluding hydrogens is 328 g/mol. The minimum atomic E-state index is -0.318. The Morgan fingerprint density at radius 1 is 1.27 bits per heavy atom. The number of aryl methyl sites for hydroxylation is 1. The van der Waals surface area contributed by atoms with Gasteiger partial charge in [-0.05, 0) is 37.1 Å². The molecule has 0 radical (unpaired) electrons. The van der Waals surface area contributed by atoms with Crippen molar-refractivity contribution >= 4 is 17.2 Å². The van der Waals surface area contributed by atoms with E-state index in [1.165, 1.54) is 5.56 Å². The molecule has 0 bridgehead atoms. The monoisotopic (exact) mass is 352 g/mol. The molecule has 6 heteroatoms. The summed E-state index contributed by atoms with van der Waals surface area (Å²) in [5, 5.41) is 6.22. The number of nitrogens with one attached hydrogen (secondary N) is 2. The fourth-order valence-corrected chi connectivity index (χ4v) is 2.81. The van der Waals surface area contributed by atoms with Crippen molar-refractivity contribution in [3.8, 4) is 5.75 Å². The van der Waals surface area contributed by atoms with Gasteiger partial charge >= 0.3 is 0 Å². The van der Waals surface area contributed by atoms with Crippen molar-refractivity contribution in [2.75, 3.05) is 12.4 Å². The number of hydrogen-bond acceptors (Lipinski definition) is 4. The summed E-state index contributed by atoms with van der Waals surface area (Å²) < 4.78 is 7.20. The smallest absolute Gasteiger partial charge is 0.242 e. The minimum absolute atomic E-state index is 0.0523. The normalized spacial score (nSPS) is 12.0. The maximum absolute atomic E-state index is 12.5. The second-order valence-electron chi connectivity index (χ2n) is 6.26. The molecule has 3 aromatic rings. The average Bonchev–Trinajstić information content (AvgIpc) is 3.06. The van der Waals surface area contributed by atoms with E-state index in [9.17, 15) is 4.79 Å². The highest BCUT2D eigenvalue weighted by atomic mass is 16.5. The van der Waals surface area contributed by atoms with Crippen LogP contribution < -0.4 is 15.4 Å². The van der Waals surface area contributed by atoms with E-state index in [0.29, 0.717) is 13.0 Å².